The molecular weight excluding hydrogens is 371 g/mol. The van der Waals surface area contributed by atoms with Gasteiger partial charge in [0.15, 0.2) is 0 Å². The van der Waals surface area contributed by atoms with E-state index in [-0.39, 0.29) is 18.1 Å². The standard InChI is InChI=1S/C23H23FN2O3/c1-14-6-4-5-7-19(14)26-22(27)20(17-8-10-18(24)11-9-17)21(23(26)28)25-12-15(2)29-16(3)13-25/h4-11,15-16H,12-13H2,1-3H3. The van der Waals surface area contributed by atoms with E-state index in [1.54, 1.807) is 24.3 Å². The molecule has 2 aromatic rings. The zero-order valence-electron chi connectivity index (χ0n) is 16.7. The lowest BCUT2D eigenvalue weighted by molar-refractivity contribution is -0.121. The first-order valence-electron chi connectivity index (χ1n) is 9.72. The van der Waals surface area contributed by atoms with Gasteiger partial charge in [0.2, 0.25) is 0 Å². The van der Waals surface area contributed by atoms with E-state index in [9.17, 15) is 14.0 Å². The lowest BCUT2D eigenvalue weighted by Gasteiger charge is -2.37. The van der Waals surface area contributed by atoms with Crippen LogP contribution in [0.3, 0.4) is 0 Å². The van der Waals surface area contributed by atoms with Crippen LogP contribution in [-0.2, 0) is 14.3 Å². The number of amides is 2. The van der Waals surface area contributed by atoms with Crippen molar-refractivity contribution in [1.82, 2.24) is 4.90 Å². The number of ether oxygens (including phenoxy) is 1. The number of imide groups is 1. The Labute approximate surface area is 169 Å². The number of carbonyl (C=O) groups is 2. The number of carbonyl (C=O) groups excluding carboxylic acids is 2. The molecular formula is C23H23FN2O3. The molecule has 150 valence electrons. The number of benzene rings is 2. The highest BCUT2D eigenvalue weighted by Crippen LogP contribution is 2.36. The van der Waals surface area contributed by atoms with Crippen molar-refractivity contribution in [3.05, 3.63) is 71.2 Å². The van der Waals surface area contributed by atoms with E-state index in [0.717, 1.165) is 5.56 Å². The van der Waals surface area contributed by atoms with E-state index in [4.69, 9.17) is 4.74 Å². The Hall–Kier alpha value is -2.99. The van der Waals surface area contributed by atoms with E-state index >= 15 is 0 Å². The molecule has 6 heteroatoms. The summed E-state index contributed by atoms with van der Waals surface area (Å²) in [6.45, 7) is 6.77. The lowest BCUT2D eigenvalue weighted by Crippen LogP contribution is -2.47. The summed E-state index contributed by atoms with van der Waals surface area (Å²) in [5.74, 6) is -1.14. The number of anilines is 1. The summed E-state index contributed by atoms with van der Waals surface area (Å²) in [4.78, 5) is 30.1. The molecule has 0 aliphatic carbocycles. The van der Waals surface area contributed by atoms with Crippen LogP contribution < -0.4 is 4.90 Å². The van der Waals surface area contributed by atoms with Gasteiger partial charge in [0.05, 0.1) is 23.5 Å². The molecule has 2 unspecified atom stereocenters. The molecule has 0 N–H and O–H groups in total. The molecule has 2 aliphatic heterocycles. The van der Waals surface area contributed by atoms with Gasteiger partial charge in [0.1, 0.15) is 11.5 Å². The van der Waals surface area contributed by atoms with Crippen molar-refractivity contribution in [1.29, 1.82) is 0 Å². The second-order valence-electron chi connectivity index (χ2n) is 7.63. The number of nitrogens with zero attached hydrogens (tertiary/aromatic N) is 2. The van der Waals surface area contributed by atoms with Gasteiger partial charge < -0.3 is 9.64 Å². The Bertz CT molecular complexity index is 989. The largest absolute Gasteiger partial charge is 0.372 e. The third-order valence-electron chi connectivity index (χ3n) is 5.28. The van der Waals surface area contributed by atoms with Crippen molar-refractivity contribution in [3.63, 3.8) is 0 Å². The van der Waals surface area contributed by atoms with Gasteiger partial charge in [-0.05, 0) is 50.1 Å². The van der Waals surface area contributed by atoms with Gasteiger partial charge in [-0.15, -0.1) is 0 Å². The second kappa shape index (κ2) is 7.44. The average molecular weight is 394 g/mol. The maximum absolute atomic E-state index is 13.5. The molecule has 5 nitrogen and oxygen atoms in total. The highest BCUT2D eigenvalue weighted by molar-refractivity contribution is 6.45. The normalized spacial score (nSPS) is 22.6. The highest BCUT2D eigenvalue weighted by Gasteiger charge is 2.44. The van der Waals surface area contributed by atoms with Crippen LogP contribution in [0.25, 0.3) is 5.57 Å². The molecule has 2 amide bonds. The van der Waals surface area contributed by atoms with Crippen molar-refractivity contribution in [3.8, 4) is 0 Å². The molecule has 0 radical (unpaired) electrons. The van der Waals surface area contributed by atoms with Gasteiger partial charge in [-0.1, -0.05) is 30.3 Å². The molecule has 4 rings (SSSR count). The van der Waals surface area contributed by atoms with Gasteiger partial charge in [-0.3, -0.25) is 9.59 Å². The van der Waals surface area contributed by atoms with Gasteiger partial charge in [0, 0.05) is 13.1 Å². The molecule has 0 spiro atoms. The Kier molecular flexibility index (Phi) is 4.96. The molecule has 0 saturated carbocycles. The number of aryl methyl sites for hydroxylation is 1. The molecule has 29 heavy (non-hydrogen) atoms. The van der Waals surface area contributed by atoms with Crippen LogP contribution in [0.2, 0.25) is 0 Å². The number of hydrogen-bond donors (Lipinski definition) is 0. The van der Waals surface area contributed by atoms with Crippen molar-refractivity contribution in [2.75, 3.05) is 18.0 Å². The molecule has 2 heterocycles. The molecule has 2 aliphatic rings. The zero-order valence-corrected chi connectivity index (χ0v) is 16.7. The first-order valence-corrected chi connectivity index (χ1v) is 9.72. The highest BCUT2D eigenvalue weighted by atomic mass is 19.1. The van der Waals surface area contributed by atoms with Crippen LogP contribution in [0.4, 0.5) is 10.1 Å². The van der Waals surface area contributed by atoms with Gasteiger partial charge >= 0.3 is 0 Å². The van der Waals surface area contributed by atoms with E-state index in [2.05, 4.69) is 0 Å². The monoisotopic (exact) mass is 394 g/mol. The Morgan fingerprint density at radius 3 is 2.17 bits per heavy atom. The minimum atomic E-state index is -0.392. The number of rotatable bonds is 3. The van der Waals surface area contributed by atoms with Gasteiger partial charge in [0.25, 0.3) is 11.8 Å². The van der Waals surface area contributed by atoms with Crippen LogP contribution >= 0.6 is 0 Å². The van der Waals surface area contributed by atoms with Gasteiger partial charge in [-0.25, -0.2) is 9.29 Å². The first-order chi connectivity index (χ1) is 13.9. The predicted molar refractivity (Wildman–Crippen MR) is 109 cm³/mol. The van der Waals surface area contributed by atoms with E-state index < -0.39 is 11.7 Å². The fraction of sp³-hybridized carbons (Fsp3) is 0.304. The van der Waals surface area contributed by atoms with Crippen LogP contribution in [0.1, 0.15) is 25.0 Å². The van der Waals surface area contributed by atoms with Gasteiger partial charge in [-0.2, -0.15) is 0 Å². The maximum atomic E-state index is 13.5. The predicted octanol–water partition coefficient (Wildman–Crippen LogP) is 3.53. The summed E-state index contributed by atoms with van der Waals surface area (Å²) in [5, 5.41) is 0. The zero-order chi connectivity index (χ0) is 20.7. The smallest absolute Gasteiger partial charge is 0.282 e. The molecule has 1 fully saturated rings. The molecule has 2 atom stereocenters. The van der Waals surface area contributed by atoms with Crippen LogP contribution in [-0.4, -0.2) is 42.0 Å². The Morgan fingerprint density at radius 2 is 1.55 bits per heavy atom. The summed E-state index contributed by atoms with van der Waals surface area (Å²) >= 11 is 0. The molecule has 2 aromatic carbocycles. The number of halogens is 1. The summed E-state index contributed by atoms with van der Waals surface area (Å²) in [7, 11) is 0. The fourth-order valence-corrected chi connectivity index (χ4v) is 4.08. The summed E-state index contributed by atoms with van der Waals surface area (Å²) in [6, 6.07) is 13.0. The van der Waals surface area contributed by atoms with Crippen LogP contribution in [0.15, 0.2) is 54.2 Å². The van der Waals surface area contributed by atoms with Crippen molar-refractivity contribution in [2.24, 2.45) is 0 Å². The maximum Gasteiger partial charge on any atom is 0.282 e. The van der Waals surface area contributed by atoms with E-state index in [1.165, 1.54) is 17.0 Å². The van der Waals surface area contributed by atoms with Crippen molar-refractivity contribution in [2.45, 2.75) is 33.0 Å². The number of morpholine rings is 1. The minimum Gasteiger partial charge on any atom is -0.372 e. The molecule has 0 bridgehead atoms. The van der Waals surface area contributed by atoms with Crippen molar-refractivity contribution < 1.29 is 18.7 Å². The third-order valence-corrected chi connectivity index (χ3v) is 5.28. The lowest BCUT2D eigenvalue weighted by atomic mass is 10.0. The first kappa shape index (κ1) is 19.3. The molecule has 0 aromatic heterocycles. The van der Waals surface area contributed by atoms with Crippen molar-refractivity contribution >= 4 is 23.1 Å². The Morgan fingerprint density at radius 1 is 0.931 bits per heavy atom. The van der Waals surface area contributed by atoms with Crippen LogP contribution in [0.5, 0.6) is 0 Å². The van der Waals surface area contributed by atoms with Crippen LogP contribution in [0, 0.1) is 12.7 Å². The summed E-state index contributed by atoms with van der Waals surface area (Å²) < 4.78 is 19.3. The van der Waals surface area contributed by atoms with E-state index in [1.807, 2.05) is 37.8 Å². The summed E-state index contributed by atoms with van der Waals surface area (Å²) in [5.41, 5.74) is 2.58. The average Bonchev–Trinajstić information content (AvgIpc) is 2.93. The Balaban J connectivity index is 1.85. The summed E-state index contributed by atoms with van der Waals surface area (Å²) in [6.07, 6.45) is -0.146. The SMILES string of the molecule is Cc1ccccc1N1C(=O)C(c2ccc(F)cc2)=C(N2CC(C)OC(C)C2)C1=O. The third kappa shape index (κ3) is 3.44. The quantitative estimate of drug-likeness (QED) is 0.748. The second-order valence-corrected chi connectivity index (χ2v) is 7.63. The fourth-order valence-electron chi connectivity index (χ4n) is 4.08. The number of para-hydroxylation sites is 1. The number of hydrogen-bond acceptors (Lipinski definition) is 4. The minimum absolute atomic E-state index is 0.0730. The topological polar surface area (TPSA) is 49.9 Å². The van der Waals surface area contributed by atoms with E-state index in [0.29, 0.717) is 35.6 Å². The molecule has 1 saturated heterocycles.